The van der Waals surface area contributed by atoms with E-state index in [0.717, 1.165) is 77.0 Å². The molecule has 8 nitrogen and oxygen atoms in total. The second-order valence-electron chi connectivity index (χ2n) is 14.3. The standard InChI is InChI=1S/C41H75N2O6P/c1-6-8-10-12-14-16-17-18-19-20-21-22-23-24-25-27-29-31-33-35-41(45)42-39(38-49-50(46,47)48-37-36-43(3,4)5)40(44)34-32-30-28-26-15-13-11-9-7-2/h8,10,14,16,18-19,21-22,32,34,39-40,44H,6-7,9,11-13,15,17,20,23-31,33,35-38H2,1-5H3,(H-,42,45,46,47)/b10-8-,16-14-,19-18-,22-21-,34-32+. The van der Waals surface area contributed by atoms with Gasteiger partial charge in [0.1, 0.15) is 13.2 Å². The maximum Gasteiger partial charge on any atom is 0.268 e. The van der Waals surface area contributed by atoms with Gasteiger partial charge in [-0.3, -0.25) is 9.36 Å². The summed E-state index contributed by atoms with van der Waals surface area (Å²) in [7, 11) is 1.23. The van der Waals surface area contributed by atoms with E-state index in [4.69, 9.17) is 9.05 Å². The molecular formula is C41H75N2O6P. The van der Waals surface area contributed by atoms with Gasteiger partial charge in [0.05, 0.1) is 39.9 Å². The molecule has 0 aromatic heterocycles. The molecule has 0 aliphatic heterocycles. The SMILES string of the molecule is CC/C=C\C/C=C\C/C=C\C/C=C\CCCCCCCCC(=O)NC(COP(=O)([O-])OCC[N+](C)(C)C)C(O)/C=C/CCCCCCCCC. The predicted molar refractivity (Wildman–Crippen MR) is 210 cm³/mol. The van der Waals surface area contributed by atoms with Crippen molar-refractivity contribution in [1.29, 1.82) is 0 Å². The molecule has 0 aliphatic rings. The van der Waals surface area contributed by atoms with E-state index in [-0.39, 0.29) is 19.1 Å². The number of nitrogens with zero attached hydrogens (tertiary/aromatic N) is 1. The first-order valence-electron chi connectivity index (χ1n) is 19.7. The van der Waals surface area contributed by atoms with Gasteiger partial charge < -0.3 is 28.8 Å². The number of hydrogen-bond donors (Lipinski definition) is 2. The lowest BCUT2D eigenvalue weighted by atomic mass is 10.1. The third kappa shape index (κ3) is 34.6. The van der Waals surface area contributed by atoms with Crippen LogP contribution in [0, 0.1) is 0 Å². The number of rotatable bonds is 34. The Morgan fingerprint density at radius 2 is 1.22 bits per heavy atom. The summed E-state index contributed by atoms with van der Waals surface area (Å²) in [6.45, 7) is 4.45. The second kappa shape index (κ2) is 33.1. The van der Waals surface area contributed by atoms with Gasteiger partial charge in [0.25, 0.3) is 7.82 Å². The maximum atomic E-state index is 12.8. The van der Waals surface area contributed by atoms with Crippen molar-refractivity contribution in [3.8, 4) is 0 Å². The Morgan fingerprint density at radius 3 is 1.78 bits per heavy atom. The van der Waals surface area contributed by atoms with E-state index in [1.54, 1.807) is 6.08 Å². The van der Waals surface area contributed by atoms with Crippen molar-refractivity contribution >= 4 is 13.7 Å². The van der Waals surface area contributed by atoms with Gasteiger partial charge in [0.2, 0.25) is 5.91 Å². The Kier molecular flexibility index (Phi) is 31.9. The minimum absolute atomic E-state index is 0.00730. The van der Waals surface area contributed by atoms with E-state index in [9.17, 15) is 19.4 Å². The first kappa shape index (κ1) is 48.2. The molecule has 3 atom stereocenters. The zero-order chi connectivity index (χ0) is 37.2. The number of hydrogen-bond acceptors (Lipinski definition) is 6. The summed E-state index contributed by atoms with van der Waals surface area (Å²) in [5.74, 6) is -0.218. The van der Waals surface area contributed by atoms with Gasteiger partial charge in [0.15, 0.2) is 0 Å². The number of quaternary nitrogens is 1. The highest BCUT2D eigenvalue weighted by molar-refractivity contribution is 7.45. The molecule has 50 heavy (non-hydrogen) atoms. The van der Waals surface area contributed by atoms with Crippen LogP contribution in [0.3, 0.4) is 0 Å². The average Bonchev–Trinajstić information content (AvgIpc) is 3.06. The summed E-state index contributed by atoms with van der Waals surface area (Å²) in [5.41, 5.74) is 0. The lowest BCUT2D eigenvalue weighted by molar-refractivity contribution is -0.870. The highest BCUT2D eigenvalue weighted by Gasteiger charge is 2.23. The number of likely N-dealkylation sites (N-methyl/N-ethyl adjacent to an activating group) is 1. The van der Waals surface area contributed by atoms with Crippen molar-refractivity contribution in [2.75, 3.05) is 40.9 Å². The topological polar surface area (TPSA) is 108 Å². The van der Waals surface area contributed by atoms with E-state index in [2.05, 4.69) is 67.8 Å². The Balaban J connectivity index is 4.45. The van der Waals surface area contributed by atoms with E-state index >= 15 is 0 Å². The molecule has 0 heterocycles. The van der Waals surface area contributed by atoms with Gasteiger partial charge in [0, 0.05) is 6.42 Å². The smallest absolute Gasteiger partial charge is 0.268 e. The highest BCUT2D eigenvalue weighted by atomic mass is 31.2. The van der Waals surface area contributed by atoms with E-state index < -0.39 is 20.0 Å². The number of unbranched alkanes of at least 4 members (excludes halogenated alkanes) is 13. The molecule has 290 valence electrons. The minimum atomic E-state index is -4.58. The van der Waals surface area contributed by atoms with Crippen LogP contribution < -0.4 is 10.2 Å². The van der Waals surface area contributed by atoms with Crippen LogP contribution in [0.2, 0.25) is 0 Å². The summed E-state index contributed by atoms with van der Waals surface area (Å²) in [5, 5.41) is 13.7. The Hall–Kier alpha value is -1.80. The quantitative estimate of drug-likeness (QED) is 0.0297. The van der Waals surface area contributed by atoms with Gasteiger partial charge in [-0.2, -0.15) is 0 Å². The molecule has 0 radical (unpaired) electrons. The molecular weight excluding hydrogens is 647 g/mol. The molecule has 3 unspecified atom stereocenters. The minimum Gasteiger partial charge on any atom is -0.756 e. The van der Waals surface area contributed by atoms with Crippen molar-refractivity contribution in [3.63, 3.8) is 0 Å². The largest absolute Gasteiger partial charge is 0.756 e. The predicted octanol–water partition coefficient (Wildman–Crippen LogP) is 9.66. The number of aliphatic hydroxyl groups is 1. The first-order chi connectivity index (χ1) is 24.0. The van der Waals surface area contributed by atoms with Crippen molar-refractivity contribution < 1.29 is 32.9 Å². The zero-order valence-electron chi connectivity index (χ0n) is 32.6. The number of carbonyl (C=O) groups excluding carboxylic acids is 1. The third-order valence-corrected chi connectivity index (χ3v) is 9.20. The molecule has 2 N–H and O–H groups in total. The van der Waals surface area contributed by atoms with Gasteiger partial charge in [-0.25, -0.2) is 0 Å². The zero-order valence-corrected chi connectivity index (χ0v) is 33.5. The third-order valence-electron chi connectivity index (χ3n) is 8.23. The van der Waals surface area contributed by atoms with Crippen LogP contribution in [0.25, 0.3) is 0 Å². The molecule has 0 aromatic rings. The molecule has 0 aromatic carbocycles. The lowest BCUT2D eigenvalue weighted by Crippen LogP contribution is -2.45. The number of phosphoric acid groups is 1. The number of aliphatic hydroxyl groups excluding tert-OH is 1. The Labute approximate surface area is 307 Å². The van der Waals surface area contributed by atoms with Gasteiger partial charge >= 0.3 is 0 Å². The maximum absolute atomic E-state index is 12.8. The molecule has 0 saturated carbocycles. The van der Waals surface area contributed by atoms with Crippen LogP contribution in [0.1, 0.15) is 142 Å². The van der Waals surface area contributed by atoms with Crippen molar-refractivity contribution in [2.45, 2.75) is 154 Å². The van der Waals surface area contributed by atoms with Crippen LogP contribution in [-0.4, -0.2) is 68.5 Å². The van der Waals surface area contributed by atoms with Crippen LogP contribution >= 0.6 is 7.82 Å². The summed E-state index contributed by atoms with van der Waals surface area (Å²) in [4.78, 5) is 25.1. The van der Waals surface area contributed by atoms with Crippen LogP contribution in [0.5, 0.6) is 0 Å². The lowest BCUT2D eigenvalue weighted by Gasteiger charge is -2.29. The molecule has 0 rings (SSSR count). The fourth-order valence-electron chi connectivity index (χ4n) is 5.08. The average molecular weight is 723 g/mol. The van der Waals surface area contributed by atoms with Crippen molar-refractivity contribution in [3.05, 3.63) is 60.8 Å². The summed E-state index contributed by atoms with van der Waals surface area (Å²) < 4.78 is 23.0. The van der Waals surface area contributed by atoms with Crippen LogP contribution in [-0.2, 0) is 18.4 Å². The first-order valence-corrected chi connectivity index (χ1v) is 21.1. The normalized spacial score (nSPS) is 15.3. The monoisotopic (exact) mass is 723 g/mol. The highest BCUT2D eigenvalue weighted by Crippen LogP contribution is 2.38. The molecule has 0 spiro atoms. The molecule has 9 heteroatoms. The number of allylic oxidation sites excluding steroid dienone is 9. The second-order valence-corrected chi connectivity index (χ2v) is 15.7. The summed E-state index contributed by atoms with van der Waals surface area (Å²) in [6, 6.07) is -0.893. The van der Waals surface area contributed by atoms with Crippen LogP contribution in [0.4, 0.5) is 0 Å². The molecule has 0 aliphatic carbocycles. The summed E-state index contributed by atoms with van der Waals surface area (Å²) in [6.07, 6.45) is 41.2. The number of amides is 1. The van der Waals surface area contributed by atoms with Gasteiger partial charge in [-0.15, -0.1) is 0 Å². The number of nitrogens with one attached hydrogen (secondary N) is 1. The number of carbonyl (C=O) groups is 1. The molecule has 0 saturated heterocycles. The van der Waals surface area contributed by atoms with Crippen LogP contribution in [0.15, 0.2) is 60.8 Å². The Bertz CT molecular complexity index is 1000. The molecule has 0 bridgehead atoms. The van der Waals surface area contributed by atoms with Crippen molar-refractivity contribution in [2.24, 2.45) is 0 Å². The molecule has 1 amide bonds. The molecule has 0 fully saturated rings. The van der Waals surface area contributed by atoms with E-state index in [0.29, 0.717) is 17.4 Å². The van der Waals surface area contributed by atoms with Gasteiger partial charge in [-0.1, -0.05) is 139 Å². The van der Waals surface area contributed by atoms with Crippen molar-refractivity contribution in [1.82, 2.24) is 5.32 Å². The Morgan fingerprint density at radius 1 is 0.720 bits per heavy atom. The van der Waals surface area contributed by atoms with Gasteiger partial charge in [-0.05, 0) is 57.8 Å². The summed E-state index contributed by atoms with van der Waals surface area (Å²) >= 11 is 0. The van der Waals surface area contributed by atoms with E-state index in [1.807, 2.05) is 27.2 Å². The number of phosphoric ester groups is 1. The van der Waals surface area contributed by atoms with E-state index in [1.165, 1.54) is 44.9 Å². The fraction of sp³-hybridized carbons (Fsp3) is 0.732. The fourth-order valence-corrected chi connectivity index (χ4v) is 5.80.